The van der Waals surface area contributed by atoms with E-state index >= 15 is 0 Å². The molecule has 5 heteroatoms. The summed E-state index contributed by atoms with van der Waals surface area (Å²) in [7, 11) is 0. The summed E-state index contributed by atoms with van der Waals surface area (Å²) in [5.74, 6) is 3.24. The molecule has 18 heavy (non-hydrogen) atoms. The van der Waals surface area contributed by atoms with Gasteiger partial charge in [0, 0.05) is 25.2 Å². The van der Waals surface area contributed by atoms with Gasteiger partial charge in [-0.3, -0.25) is 4.99 Å². The molecule has 1 unspecified atom stereocenters. The molecule has 1 saturated heterocycles. The summed E-state index contributed by atoms with van der Waals surface area (Å²) in [6, 6.07) is 0. The number of hydrogen-bond donors (Lipinski definition) is 3. The summed E-state index contributed by atoms with van der Waals surface area (Å²) >= 11 is 0. The molecular weight excluding hydrogens is 230 g/mol. The highest BCUT2D eigenvalue weighted by atomic mass is 16.5. The minimum atomic E-state index is -0.0206. The van der Waals surface area contributed by atoms with Crippen molar-refractivity contribution < 1.29 is 9.84 Å². The van der Waals surface area contributed by atoms with Gasteiger partial charge in [0.15, 0.2) is 5.96 Å². The lowest BCUT2D eigenvalue weighted by Gasteiger charge is -2.24. The van der Waals surface area contributed by atoms with Gasteiger partial charge in [0.1, 0.15) is 0 Å². The van der Waals surface area contributed by atoms with Crippen molar-refractivity contribution in [1.29, 1.82) is 0 Å². The molecule has 5 nitrogen and oxygen atoms in total. The van der Waals surface area contributed by atoms with Gasteiger partial charge in [-0.2, -0.15) is 0 Å². The maximum Gasteiger partial charge on any atom is 0.192 e. The van der Waals surface area contributed by atoms with Crippen LogP contribution in [-0.2, 0) is 4.74 Å². The van der Waals surface area contributed by atoms with Crippen LogP contribution in [0.1, 0.15) is 19.8 Å². The molecule has 1 heterocycles. The van der Waals surface area contributed by atoms with Gasteiger partial charge in [0.05, 0.1) is 19.7 Å². The fraction of sp³-hybridized carbons (Fsp3) is 0.769. The summed E-state index contributed by atoms with van der Waals surface area (Å²) < 4.78 is 5.43. The third-order valence-corrected chi connectivity index (χ3v) is 3.10. The Bertz CT molecular complexity index is 304. The molecule has 102 valence electrons. The van der Waals surface area contributed by atoms with Crippen LogP contribution in [0.25, 0.3) is 0 Å². The van der Waals surface area contributed by atoms with E-state index in [4.69, 9.17) is 16.3 Å². The van der Waals surface area contributed by atoms with E-state index < -0.39 is 0 Å². The first kappa shape index (κ1) is 14.8. The molecule has 1 atom stereocenters. The van der Waals surface area contributed by atoms with Gasteiger partial charge in [-0.15, -0.1) is 6.42 Å². The second-order valence-electron chi connectivity index (χ2n) is 4.53. The van der Waals surface area contributed by atoms with Crippen molar-refractivity contribution >= 4 is 5.96 Å². The quantitative estimate of drug-likeness (QED) is 0.353. The third-order valence-electron chi connectivity index (χ3n) is 3.10. The standard InChI is InChI=1S/C13H23N3O2/c1-3-7-15-12(14-4-2)16-10-13(5-8-17)6-9-18-11-13/h1,17H,4-11H2,2H3,(H2,14,15,16). The third kappa shape index (κ3) is 4.55. The van der Waals surface area contributed by atoms with Crippen LogP contribution in [0, 0.1) is 17.8 Å². The summed E-state index contributed by atoms with van der Waals surface area (Å²) in [6.45, 7) is 5.50. The van der Waals surface area contributed by atoms with Crippen molar-refractivity contribution in [3.63, 3.8) is 0 Å². The van der Waals surface area contributed by atoms with Crippen LogP contribution in [-0.4, -0.2) is 50.5 Å². The zero-order valence-corrected chi connectivity index (χ0v) is 11.0. The number of guanidine groups is 1. The summed E-state index contributed by atoms with van der Waals surface area (Å²) in [5.41, 5.74) is -0.0206. The molecule has 0 radical (unpaired) electrons. The Morgan fingerprint density at radius 1 is 1.56 bits per heavy atom. The lowest BCUT2D eigenvalue weighted by atomic mass is 9.84. The number of aliphatic hydroxyl groups excluding tert-OH is 1. The largest absolute Gasteiger partial charge is 0.396 e. The summed E-state index contributed by atoms with van der Waals surface area (Å²) in [6.07, 6.45) is 6.89. The minimum absolute atomic E-state index is 0.0206. The Morgan fingerprint density at radius 3 is 2.94 bits per heavy atom. The van der Waals surface area contributed by atoms with Crippen molar-refractivity contribution in [3.05, 3.63) is 0 Å². The van der Waals surface area contributed by atoms with Crippen molar-refractivity contribution in [2.75, 3.05) is 39.5 Å². The number of nitrogens with zero attached hydrogens (tertiary/aromatic N) is 1. The monoisotopic (exact) mass is 253 g/mol. The number of ether oxygens (including phenoxy) is 1. The van der Waals surface area contributed by atoms with Crippen LogP contribution in [0.2, 0.25) is 0 Å². The Balaban J connectivity index is 2.57. The molecule has 3 N–H and O–H groups in total. The maximum atomic E-state index is 9.14. The molecular formula is C13H23N3O2. The highest BCUT2D eigenvalue weighted by molar-refractivity contribution is 5.80. The van der Waals surface area contributed by atoms with Gasteiger partial charge in [0.2, 0.25) is 0 Å². The first-order valence-corrected chi connectivity index (χ1v) is 6.40. The Labute approximate surface area is 109 Å². The fourth-order valence-electron chi connectivity index (χ4n) is 2.01. The number of rotatable bonds is 6. The minimum Gasteiger partial charge on any atom is -0.396 e. The average Bonchev–Trinajstić information content (AvgIpc) is 2.82. The predicted molar refractivity (Wildman–Crippen MR) is 72.4 cm³/mol. The SMILES string of the molecule is C#CCNC(=NCC1(CCO)CCOC1)NCC. The Hall–Kier alpha value is -1.25. The molecule has 0 amide bonds. The zero-order valence-electron chi connectivity index (χ0n) is 11.0. The van der Waals surface area contributed by atoms with E-state index in [1.165, 1.54) is 0 Å². The molecule has 0 spiro atoms. The van der Waals surface area contributed by atoms with Crippen LogP contribution < -0.4 is 10.6 Å². The number of aliphatic imine (C=N–C) groups is 1. The molecule has 0 aromatic heterocycles. The van der Waals surface area contributed by atoms with Crippen molar-refractivity contribution in [2.24, 2.45) is 10.4 Å². The number of aliphatic hydroxyl groups is 1. The highest BCUT2D eigenvalue weighted by Crippen LogP contribution is 2.32. The average molecular weight is 253 g/mol. The lowest BCUT2D eigenvalue weighted by Crippen LogP contribution is -2.39. The second kappa shape index (κ2) is 7.96. The highest BCUT2D eigenvalue weighted by Gasteiger charge is 2.34. The molecule has 1 aliphatic rings. The van der Waals surface area contributed by atoms with Gasteiger partial charge >= 0.3 is 0 Å². The van der Waals surface area contributed by atoms with E-state index in [0.29, 0.717) is 19.7 Å². The smallest absolute Gasteiger partial charge is 0.192 e. The molecule has 1 fully saturated rings. The molecule has 0 saturated carbocycles. The lowest BCUT2D eigenvalue weighted by molar-refractivity contribution is 0.131. The van der Waals surface area contributed by atoms with E-state index in [9.17, 15) is 0 Å². The fourth-order valence-corrected chi connectivity index (χ4v) is 2.01. The first-order chi connectivity index (χ1) is 8.76. The van der Waals surface area contributed by atoms with Gasteiger partial charge in [-0.1, -0.05) is 5.92 Å². The Kier molecular flexibility index (Phi) is 6.55. The predicted octanol–water partition coefficient (Wildman–Crippen LogP) is -0.0362. The molecule has 1 aliphatic heterocycles. The molecule has 0 aromatic rings. The molecule has 0 aromatic carbocycles. The van der Waals surface area contributed by atoms with Crippen LogP contribution in [0.5, 0.6) is 0 Å². The van der Waals surface area contributed by atoms with E-state index in [1.807, 2.05) is 6.92 Å². The van der Waals surface area contributed by atoms with Gasteiger partial charge in [0.25, 0.3) is 0 Å². The summed E-state index contributed by atoms with van der Waals surface area (Å²) in [5, 5.41) is 15.3. The number of nitrogens with one attached hydrogen (secondary N) is 2. The van der Waals surface area contributed by atoms with Crippen molar-refractivity contribution in [2.45, 2.75) is 19.8 Å². The maximum absolute atomic E-state index is 9.14. The van der Waals surface area contributed by atoms with Crippen LogP contribution >= 0.6 is 0 Å². The van der Waals surface area contributed by atoms with Crippen LogP contribution in [0.4, 0.5) is 0 Å². The Morgan fingerprint density at radius 2 is 2.39 bits per heavy atom. The molecule has 0 bridgehead atoms. The van der Waals surface area contributed by atoms with E-state index in [1.54, 1.807) is 0 Å². The van der Waals surface area contributed by atoms with Gasteiger partial charge < -0.3 is 20.5 Å². The van der Waals surface area contributed by atoms with Gasteiger partial charge in [-0.05, 0) is 19.8 Å². The van der Waals surface area contributed by atoms with E-state index in [-0.39, 0.29) is 12.0 Å². The van der Waals surface area contributed by atoms with Gasteiger partial charge in [-0.25, -0.2) is 0 Å². The summed E-state index contributed by atoms with van der Waals surface area (Å²) in [4.78, 5) is 4.53. The van der Waals surface area contributed by atoms with E-state index in [2.05, 4.69) is 21.5 Å². The molecule has 0 aliphatic carbocycles. The number of terminal acetylenes is 1. The van der Waals surface area contributed by atoms with Crippen LogP contribution in [0.3, 0.4) is 0 Å². The second-order valence-corrected chi connectivity index (χ2v) is 4.53. The number of hydrogen-bond acceptors (Lipinski definition) is 3. The van der Waals surface area contributed by atoms with Crippen LogP contribution in [0.15, 0.2) is 4.99 Å². The first-order valence-electron chi connectivity index (χ1n) is 6.40. The van der Waals surface area contributed by atoms with E-state index in [0.717, 1.165) is 32.0 Å². The molecule has 1 rings (SSSR count). The normalized spacial score (nSPS) is 23.7. The van der Waals surface area contributed by atoms with Crippen molar-refractivity contribution in [1.82, 2.24) is 10.6 Å². The topological polar surface area (TPSA) is 65.9 Å². The zero-order chi connectivity index (χ0) is 13.3. The van der Waals surface area contributed by atoms with Crippen molar-refractivity contribution in [3.8, 4) is 12.3 Å².